The van der Waals surface area contributed by atoms with E-state index in [2.05, 4.69) is 10.3 Å². The van der Waals surface area contributed by atoms with Gasteiger partial charge in [-0.1, -0.05) is 18.2 Å². The lowest BCUT2D eigenvalue weighted by atomic mass is 10.1. The molecule has 1 aromatic heterocycles. The lowest BCUT2D eigenvalue weighted by Gasteiger charge is -2.13. The maximum atomic E-state index is 12.2. The number of aliphatic hydroxyl groups is 1. The highest BCUT2D eigenvalue weighted by atomic mass is 16.5. The van der Waals surface area contributed by atoms with E-state index in [1.807, 2.05) is 18.3 Å². The Kier molecular flexibility index (Phi) is 4.30. The van der Waals surface area contributed by atoms with Gasteiger partial charge < -0.3 is 20.1 Å². The van der Waals surface area contributed by atoms with Crippen molar-refractivity contribution in [3.05, 3.63) is 65.9 Å². The molecular weight excluding hydrogens is 292 g/mol. The van der Waals surface area contributed by atoms with Crippen molar-refractivity contribution in [3.8, 4) is 5.75 Å². The SMILES string of the molecule is COc1ccc(C(O)CNC(=O)c2ccc3cc[nH]c3c2)cc1. The summed E-state index contributed by atoms with van der Waals surface area (Å²) in [6.45, 7) is 0.147. The zero-order valence-electron chi connectivity index (χ0n) is 12.7. The number of fused-ring (bicyclic) bond motifs is 1. The van der Waals surface area contributed by atoms with E-state index in [-0.39, 0.29) is 12.5 Å². The van der Waals surface area contributed by atoms with E-state index in [1.165, 1.54) is 0 Å². The molecular formula is C18H18N2O3. The molecule has 5 nitrogen and oxygen atoms in total. The Morgan fingerprint density at radius 1 is 1.22 bits per heavy atom. The predicted molar refractivity (Wildman–Crippen MR) is 88.6 cm³/mol. The van der Waals surface area contributed by atoms with Gasteiger partial charge in [-0.15, -0.1) is 0 Å². The number of hydrogen-bond acceptors (Lipinski definition) is 3. The number of benzene rings is 2. The molecule has 0 fully saturated rings. The van der Waals surface area contributed by atoms with Gasteiger partial charge in [0.2, 0.25) is 0 Å². The van der Waals surface area contributed by atoms with E-state index < -0.39 is 6.10 Å². The summed E-state index contributed by atoms with van der Waals surface area (Å²) >= 11 is 0. The Balaban J connectivity index is 1.63. The van der Waals surface area contributed by atoms with Gasteiger partial charge in [0, 0.05) is 23.8 Å². The molecule has 2 aromatic carbocycles. The number of nitrogens with one attached hydrogen (secondary N) is 2. The first-order chi connectivity index (χ1) is 11.2. The largest absolute Gasteiger partial charge is 0.497 e. The van der Waals surface area contributed by atoms with Crippen molar-refractivity contribution in [2.24, 2.45) is 0 Å². The molecule has 0 aliphatic rings. The first-order valence-electron chi connectivity index (χ1n) is 7.35. The molecule has 0 bridgehead atoms. The summed E-state index contributed by atoms with van der Waals surface area (Å²) in [6, 6.07) is 14.5. The summed E-state index contributed by atoms with van der Waals surface area (Å²) in [6.07, 6.45) is 1.07. The Bertz CT molecular complexity index is 809. The number of ether oxygens (including phenoxy) is 1. The minimum atomic E-state index is -0.765. The molecule has 0 saturated carbocycles. The molecule has 118 valence electrons. The minimum absolute atomic E-state index is 0.147. The van der Waals surface area contributed by atoms with Crippen LogP contribution in [0, 0.1) is 0 Å². The third-order valence-corrected chi connectivity index (χ3v) is 3.77. The van der Waals surface area contributed by atoms with Gasteiger partial charge >= 0.3 is 0 Å². The molecule has 1 heterocycles. The van der Waals surface area contributed by atoms with Gasteiger partial charge in [0.05, 0.1) is 13.2 Å². The number of carbonyl (C=O) groups excluding carboxylic acids is 1. The lowest BCUT2D eigenvalue weighted by molar-refractivity contribution is 0.0916. The zero-order chi connectivity index (χ0) is 16.2. The Morgan fingerprint density at radius 3 is 2.74 bits per heavy atom. The number of aliphatic hydroxyl groups excluding tert-OH is 1. The molecule has 1 unspecified atom stereocenters. The van der Waals surface area contributed by atoms with Crippen LogP contribution in [0.4, 0.5) is 0 Å². The Hall–Kier alpha value is -2.79. The molecule has 23 heavy (non-hydrogen) atoms. The first-order valence-corrected chi connectivity index (χ1v) is 7.35. The average molecular weight is 310 g/mol. The van der Waals surface area contributed by atoms with Gasteiger partial charge in [0.15, 0.2) is 0 Å². The van der Waals surface area contributed by atoms with Crippen LogP contribution in [-0.2, 0) is 0 Å². The second-order valence-corrected chi connectivity index (χ2v) is 5.28. The fourth-order valence-electron chi connectivity index (χ4n) is 2.42. The van der Waals surface area contributed by atoms with Crippen molar-refractivity contribution < 1.29 is 14.6 Å². The topological polar surface area (TPSA) is 74.3 Å². The molecule has 1 atom stereocenters. The summed E-state index contributed by atoms with van der Waals surface area (Å²) in [7, 11) is 1.59. The standard InChI is InChI=1S/C18H18N2O3/c1-23-15-6-4-13(5-7-15)17(21)11-20-18(22)14-3-2-12-8-9-19-16(12)10-14/h2-10,17,19,21H,11H2,1H3,(H,20,22). The van der Waals surface area contributed by atoms with Crippen LogP contribution in [0.5, 0.6) is 5.75 Å². The highest BCUT2D eigenvalue weighted by molar-refractivity contribution is 5.97. The molecule has 1 amide bonds. The Morgan fingerprint density at radius 2 is 2.00 bits per heavy atom. The smallest absolute Gasteiger partial charge is 0.251 e. The molecule has 0 radical (unpaired) electrons. The molecule has 0 spiro atoms. The van der Waals surface area contributed by atoms with Crippen LogP contribution in [0.3, 0.4) is 0 Å². The van der Waals surface area contributed by atoms with Gasteiger partial charge in [-0.3, -0.25) is 4.79 Å². The van der Waals surface area contributed by atoms with Crippen molar-refractivity contribution in [2.45, 2.75) is 6.10 Å². The van der Waals surface area contributed by atoms with Crippen molar-refractivity contribution in [3.63, 3.8) is 0 Å². The number of carbonyl (C=O) groups is 1. The number of H-pyrrole nitrogens is 1. The van der Waals surface area contributed by atoms with Crippen molar-refractivity contribution in [1.82, 2.24) is 10.3 Å². The van der Waals surface area contributed by atoms with Gasteiger partial charge in [0.1, 0.15) is 5.75 Å². The van der Waals surface area contributed by atoms with E-state index in [0.29, 0.717) is 5.56 Å². The summed E-state index contributed by atoms with van der Waals surface area (Å²) < 4.78 is 5.08. The predicted octanol–water partition coefficient (Wildman–Crippen LogP) is 2.64. The van der Waals surface area contributed by atoms with Crippen LogP contribution in [0.15, 0.2) is 54.7 Å². The maximum Gasteiger partial charge on any atom is 0.251 e. The van der Waals surface area contributed by atoms with Gasteiger partial charge in [-0.25, -0.2) is 0 Å². The first kappa shape index (κ1) is 15.1. The summed E-state index contributed by atoms with van der Waals surface area (Å²) in [5, 5.41) is 14.0. The number of methoxy groups -OCH3 is 1. The van der Waals surface area contributed by atoms with Crippen LogP contribution < -0.4 is 10.1 Å². The third-order valence-electron chi connectivity index (χ3n) is 3.77. The molecule has 5 heteroatoms. The fraction of sp³-hybridized carbons (Fsp3) is 0.167. The van der Waals surface area contributed by atoms with E-state index in [1.54, 1.807) is 43.5 Å². The van der Waals surface area contributed by atoms with E-state index in [4.69, 9.17) is 4.74 Å². The molecule has 3 N–H and O–H groups in total. The van der Waals surface area contributed by atoms with E-state index >= 15 is 0 Å². The Labute approximate surface area is 133 Å². The molecule has 3 aromatic rings. The average Bonchev–Trinajstić information content (AvgIpc) is 3.07. The second-order valence-electron chi connectivity index (χ2n) is 5.28. The van der Waals surface area contributed by atoms with E-state index in [0.717, 1.165) is 22.2 Å². The number of aromatic amines is 1. The van der Waals surface area contributed by atoms with Crippen molar-refractivity contribution in [1.29, 1.82) is 0 Å². The zero-order valence-corrected chi connectivity index (χ0v) is 12.7. The van der Waals surface area contributed by atoms with Crippen molar-refractivity contribution in [2.75, 3.05) is 13.7 Å². The molecule has 0 aliphatic heterocycles. The number of amides is 1. The van der Waals surface area contributed by atoms with Crippen LogP contribution in [-0.4, -0.2) is 29.7 Å². The molecule has 0 saturated heterocycles. The normalized spacial score (nSPS) is 12.1. The van der Waals surface area contributed by atoms with Crippen LogP contribution in [0.2, 0.25) is 0 Å². The molecule has 0 aliphatic carbocycles. The van der Waals surface area contributed by atoms with Crippen LogP contribution in [0.1, 0.15) is 22.0 Å². The monoisotopic (exact) mass is 310 g/mol. The van der Waals surface area contributed by atoms with Gasteiger partial charge in [-0.2, -0.15) is 0 Å². The summed E-state index contributed by atoms with van der Waals surface area (Å²) in [5.41, 5.74) is 2.20. The summed E-state index contributed by atoms with van der Waals surface area (Å²) in [4.78, 5) is 15.3. The highest BCUT2D eigenvalue weighted by Crippen LogP contribution is 2.17. The fourth-order valence-corrected chi connectivity index (χ4v) is 2.42. The quantitative estimate of drug-likeness (QED) is 0.678. The lowest BCUT2D eigenvalue weighted by Crippen LogP contribution is -2.28. The maximum absolute atomic E-state index is 12.2. The number of hydrogen-bond donors (Lipinski definition) is 3. The third kappa shape index (κ3) is 3.35. The number of rotatable bonds is 5. The highest BCUT2D eigenvalue weighted by Gasteiger charge is 2.11. The van der Waals surface area contributed by atoms with Crippen molar-refractivity contribution >= 4 is 16.8 Å². The van der Waals surface area contributed by atoms with Gasteiger partial charge in [-0.05, 0) is 41.3 Å². The van der Waals surface area contributed by atoms with Gasteiger partial charge in [0.25, 0.3) is 5.91 Å². The van der Waals surface area contributed by atoms with Crippen LogP contribution >= 0.6 is 0 Å². The summed E-state index contributed by atoms with van der Waals surface area (Å²) in [5.74, 6) is 0.512. The minimum Gasteiger partial charge on any atom is -0.497 e. The second kappa shape index (κ2) is 6.54. The van der Waals surface area contributed by atoms with E-state index in [9.17, 15) is 9.90 Å². The van der Waals surface area contributed by atoms with Crippen LogP contribution in [0.25, 0.3) is 10.9 Å². The number of aromatic nitrogens is 1. The molecule has 3 rings (SSSR count).